The number of nitrogens with one attached hydrogen (secondary N) is 1. The average Bonchev–Trinajstić information content (AvgIpc) is 2.37. The van der Waals surface area contributed by atoms with Gasteiger partial charge in [0, 0.05) is 24.2 Å². The number of ether oxygens (including phenoxy) is 1. The Labute approximate surface area is 131 Å². The van der Waals surface area contributed by atoms with Gasteiger partial charge in [0.25, 0.3) is 0 Å². The number of rotatable bonds is 5. The molecule has 3 nitrogen and oxygen atoms in total. The van der Waals surface area contributed by atoms with Gasteiger partial charge in [-0.15, -0.1) is 0 Å². The first-order chi connectivity index (χ1) is 9.09. The van der Waals surface area contributed by atoms with Gasteiger partial charge >= 0.3 is 0 Å². The normalized spacial score (nSPS) is 11.2. The first kappa shape index (κ1) is 14.8. The maximum atomic E-state index is 6.22. The van der Waals surface area contributed by atoms with Crippen molar-refractivity contribution in [3.05, 3.63) is 33.0 Å². The van der Waals surface area contributed by atoms with Crippen LogP contribution in [0.2, 0.25) is 5.02 Å². The number of hydrogen-bond acceptors (Lipinski definition) is 3. The van der Waals surface area contributed by atoms with E-state index < -0.39 is 0 Å². The molecule has 0 atom stereocenters. The van der Waals surface area contributed by atoms with Crippen molar-refractivity contribution in [2.45, 2.75) is 19.9 Å². The van der Waals surface area contributed by atoms with Crippen LogP contribution in [-0.2, 0) is 0 Å². The highest BCUT2D eigenvalue weighted by Crippen LogP contribution is 2.34. The van der Waals surface area contributed by atoms with Gasteiger partial charge in [-0.05, 0) is 40.8 Å². The lowest BCUT2D eigenvalue weighted by molar-refractivity contribution is 0.310. The smallest absolute Gasteiger partial charge is 0.158 e. The van der Waals surface area contributed by atoms with Crippen LogP contribution >= 0.6 is 34.2 Å². The van der Waals surface area contributed by atoms with E-state index in [2.05, 4.69) is 46.7 Å². The number of pyridine rings is 1. The third-order valence-corrected chi connectivity index (χ3v) is 3.77. The van der Waals surface area contributed by atoms with E-state index in [0.29, 0.717) is 17.7 Å². The molecule has 0 aliphatic carbocycles. The number of benzene rings is 1. The Morgan fingerprint density at radius 2 is 2.26 bits per heavy atom. The van der Waals surface area contributed by atoms with E-state index in [-0.39, 0.29) is 0 Å². The van der Waals surface area contributed by atoms with Crippen molar-refractivity contribution >= 4 is 45.1 Å². The fourth-order valence-corrected chi connectivity index (χ4v) is 2.95. The highest BCUT2D eigenvalue weighted by Gasteiger charge is 2.11. The van der Waals surface area contributed by atoms with Crippen molar-refractivity contribution in [1.29, 1.82) is 0 Å². The molecule has 102 valence electrons. The van der Waals surface area contributed by atoms with Crippen LogP contribution in [0.4, 0.5) is 0 Å². The molecule has 5 heteroatoms. The largest absolute Gasteiger partial charge is 0.489 e. The molecule has 1 heterocycles. The molecule has 2 rings (SSSR count). The lowest BCUT2D eigenvalue weighted by Gasteiger charge is -2.13. The van der Waals surface area contributed by atoms with Crippen molar-refractivity contribution in [2.24, 2.45) is 0 Å². The second-order valence-electron chi connectivity index (χ2n) is 4.53. The molecule has 1 aromatic heterocycles. The Balaban J connectivity index is 2.22. The van der Waals surface area contributed by atoms with Crippen molar-refractivity contribution in [2.75, 3.05) is 13.2 Å². The second kappa shape index (κ2) is 6.72. The summed E-state index contributed by atoms with van der Waals surface area (Å²) in [6.45, 7) is 5.65. The monoisotopic (exact) mass is 390 g/mol. The van der Waals surface area contributed by atoms with Crippen molar-refractivity contribution in [1.82, 2.24) is 10.3 Å². The summed E-state index contributed by atoms with van der Waals surface area (Å²) in [6.07, 6.45) is 1.76. The highest BCUT2D eigenvalue weighted by atomic mass is 127. The van der Waals surface area contributed by atoms with E-state index >= 15 is 0 Å². The minimum Gasteiger partial charge on any atom is -0.489 e. The summed E-state index contributed by atoms with van der Waals surface area (Å²) in [7, 11) is 0. The summed E-state index contributed by atoms with van der Waals surface area (Å²) in [5.41, 5.74) is 0.823. The van der Waals surface area contributed by atoms with E-state index in [4.69, 9.17) is 16.3 Å². The van der Waals surface area contributed by atoms with Crippen LogP contribution in [0.5, 0.6) is 5.75 Å². The Bertz CT molecular complexity index is 575. The zero-order valence-corrected chi connectivity index (χ0v) is 13.8. The summed E-state index contributed by atoms with van der Waals surface area (Å²) in [5.74, 6) is 0.811. The lowest BCUT2D eigenvalue weighted by atomic mass is 10.2. The summed E-state index contributed by atoms with van der Waals surface area (Å²) < 4.78 is 6.85. The third kappa shape index (κ3) is 3.70. The Morgan fingerprint density at radius 3 is 3.00 bits per heavy atom. The average molecular weight is 391 g/mol. The number of nitrogens with zero attached hydrogens (tertiary/aromatic N) is 1. The van der Waals surface area contributed by atoms with Gasteiger partial charge in [0.05, 0.1) is 8.59 Å². The van der Waals surface area contributed by atoms with E-state index in [1.165, 1.54) is 0 Å². The second-order valence-corrected chi connectivity index (χ2v) is 6.10. The molecule has 0 saturated carbocycles. The Hall–Kier alpha value is -0.590. The SMILES string of the molecule is CC(C)NCCOc1c(I)cc(Cl)c2cccnc12. The molecule has 0 bridgehead atoms. The number of fused-ring (bicyclic) bond motifs is 1. The maximum Gasteiger partial charge on any atom is 0.158 e. The molecule has 0 fully saturated rings. The Kier molecular flexibility index (Phi) is 5.24. The van der Waals surface area contributed by atoms with Gasteiger partial charge in [-0.25, -0.2) is 0 Å². The minimum atomic E-state index is 0.461. The van der Waals surface area contributed by atoms with Gasteiger partial charge in [0.2, 0.25) is 0 Å². The zero-order valence-electron chi connectivity index (χ0n) is 10.9. The molecule has 2 aromatic rings. The van der Waals surface area contributed by atoms with Crippen molar-refractivity contribution in [3.8, 4) is 5.75 Å². The van der Waals surface area contributed by atoms with Crippen LogP contribution in [0, 0.1) is 3.57 Å². The summed E-state index contributed by atoms with van der Waals surface area (Å²) in [4.78, 5) is 4.38. The predicted molar refractivity (Wildman–Crippen MR) is 88.1 cm³/mol. The fourth-order valence-electron chi connectivity index (χ4n) is 1.78. The number of halogens is 2. The molecule has 19 heavy (non-hydrogen) atoms. The van der Waals surface area contributed by atoms with Crippen LogP contribution < -0.4 is 10.1 Å². The quantitative estimate of drug-likeness (QED) is 0.622. The highest BCUT2D eigenvalue weighted by molar-refractivity contribution is 14.1. The summed E-state index contributed by atoms with van der Waals surface area (Å²) >= 11 is 8.45. The van der Waals surface area contributed by atoms with E-state index in [1.54, 1.807) is 6.20 Å². The number of aromatic nitrogens is 1. The molecule has 0 aliphatic heterocycles. The lowest BCUT2D eigenvalue weighted by Crippen LogP contribution is -2.27. The molecule has 0 unspecified atom stereocenters. The van der Waals surface area contributed by atoms with Crippen LogP contribution in [-0.4, -0.2) is 24.2 Å². The first-order valence-electron chi connectivity index (χ1n) is 6.18. The van der Waals surface area contributed by atoms with Gasteiger partial charge in [0.15, 0.2) is 5.75 Å². The topological polar surface area (TPSA) is 34.1 Å². The van der Waals surface area contributed by atoms with Gasteiger partial charge in [-0.3, -0.25) is 4.98 Å². The molecule has 1 N–H and O–H groups in total. The first-order valence-corrected chi connectivity index (χ1v) is 7.64. The van der Waals surface area contributed by atoms with Crippen LogP contribution in [0.3, 0.4) is 0 Å². The van der Waals surface area contributed by atoms with Crippen molar-refractivity contribution < 1.29 is 4.74 Å². The van der Waals surface area contributed by atoms with Crippen LogP contribution in [0.1, 0.15) is 13.8 Å². The van der Waals surface area contributed by atoms with Crippen LogP contribution in [0.15, 0.2) is 24.4 Å². The molecule has 1 aromatic carbocycles. The zero-order chi connectivity index (χ0) is 13.8. The molecular formula is C14H16ClIN2O. The van der Waals surface area contributed by atoms with E-state index in [1.807, 2.05) is 18.2 Å². The van der Waals surface area contributed by atoms with Crippen molar-refractivity contribution in [3.63, 3.8) is 0 Å². The number of hydrogen-bond donors (Lipinski definition) is 1. The summed E-state index contributed by atoms with van der Waals surface area (Å²) in [5, 5.41) is 4.96. The van der Waals surface area contributed by atoms with Gasteiger partial charge in [-0.2, -0.15) is 0 Å². The standard InChI is InChI=1S/C14H16ClIN2O/c1-9(2)17-6-7-19-14-12(16)8-11(15)10-4-3-5-18-13(10)14/h3-5,8-9,17H,6-7H2,1-2H3. The molecule has 0 radical (unpaired) electrons. The molecule has 0 aliphatic rings. The third-order valence-electron chi connectivity index (χ3n) is 2.65. The minimum absolute atomic E-state index is 0.461. The molecule has 0 amide bonds. The van der Waals surface area contributed by atoms with E-state index in [9.17, 15) is 0 Å². The maximum absolute atomic E-state index is 6.22. The molecule has 0 saturated heterocycles. The fraction of sp³-hybridized carbons (Fsp3) is 0.357. The van der Waals surface area contributed by atoms with Gasteiger partial charge < -0.3 is 10.1 Å². The van der Waals surface area contributed by atoms with Gasteiger partial charge in [-0.1, -0.05) is 25.4 Å². The van der Waals surface area contributed by atoms with Crippen LogP contribution in [0.25, 0.3) is 10.9 Å². The van der Waals surface area contributed by atoms with Gasteiger partial charge in [0.1, 0.15) is 12.1 Å². The molecule has 0 spiro atoms. The summed E-state index contributed by atoms with van der Waals surface area (Å²) in [6, 6.07) is 6.21. The molecular weight excluding hydrogens is 375 g/mol. The Morgan fingerprint density at radius 1 is 1.47 bits per heavy atom. The van der Waals surface area contributed by atoms with E-state index in [0.717, 1.165) is 26.8 Å². The predicted octanol–water partition coefficient (Wildman–Crippen LogP) is 3.87.